The second kappa shape index (κ2) is 25.6. The van der Waals surface area contributed by atoms with Crippen molar-refractivity contribution in [2.75, 3.05) is 39.5 Å². The Hall–Kier alpha value is -2.14. The molecular weight excluding hydrogens is 783 g/mol. The number of ketones is 1. The Morgan fingerprint density at radius 2 is 1.26 bits per heavy atom. The van der Waals surface area contributed by atoms with E-state index in [4.69, 9.17) is 34.2 Å². The van der Waals surface area contributed by atoms with Crippen LogP contribution < -0.4 is 21.9 Å². The summed E-state index contributed by atoms with van der Waals surface area (Å²) in [6, 6.07) is -0.485. The number of nitrogens with one attached hydrogen (secondary N) is 3. The molecule has 0 radical (unpaired) electrons. The van der Waals surface area contributed by atoms with E-state index in [1.807, 2.05) is 0 Å². The Bertz CT molecular complexity index is 1230. The molecular formula is C35H63FN4O18. The van der Waals surface area contributed by atoms with Gasteiger partial charge in [0, 0.05) is 19.4 Å². The number of rotatable bonds is 25. The number of aliphatic hydroxyl groups excluding tert-OH is 9. The lowest BCUT2D eigenvalue weighted by Gasteiger charge is -2.46. The molecule has 3 rings (SSSR count). The van der Waals surface area contributed by atoms with Gasteiger partial charge in [-0.05, 0) is 39.2 Å². The Balaban J connectivity index is 1.48. The molecule has 0 aliphatic carbocycles. The van der Waals surface area contributed by atoms with E-state index in [1.165, 1.54) is 6.92 Å². The molecule has 0 bridgehead atoms. The molecule has 58 heavy (non-hydrogen) atoms. The highest BCUT2D eigenvalue weighted by molar-refractivity contribution is 5.82. The van der Waals surface area contributed by atoms with Crippen LogP contribution in [0.25, 0.3) is 0 Å². The van der Waals surface area contributed by atoms with Crippen LogP contribution in [0.4, 0.5) is 4.39 Å². The molecule has 338 valence electrons. The standard InChI is InChI=1S/C35H63FN4O18/c1-17(43)18(8-6-7-11-37)39-40-23(45)10-5-3-2-4-9-22(44)38-12-13-53-33-24(36)32(58-35-31(52)29(50)26(47)20(15-42)56-35)27(48)21(57-33)16-54-34-30(51)28(49)25(46)19(14-41)55-34/h18-21,24-35,39,41-42,46-52H,2-16,37H2,1H3,(H,38,44)(H,40,45)/t18-,19+,20+,21+,24+,25+,26+,27+,28-,29-,30-,31-,32+,33+,34-,35+/m0/s1. The summed E-state index contributed by atoms with van der Waals surface area (Å²) in [5.41, 5.74) is 10.8. The normalized spacial score (nSPS) is 36.0. The van der Waals surface area contributed by atoms with Crippen LogP contribution >= 0.6 is 0 Å². The minimum absolute atomic E-state index is 0.0870. The Morgan fingerprint density at radius 1 is 0.690 bits per heavy atom. The van der Waals surface area contributed by atoms with Crippen molar-refractivity contribution in [1.29, 1.82) is 0 Å². The molecule has 14 N–H and O–H groups in total. The van der Waals surface area contributed by atoms with E-state index in [0.29, 0.717) is 38.6 Å². The maximum atomic E-state index is 15.9. The molecule has 22 nitrogen and oxygen atoms in total. The smallest absolute Gasteiger partial charge is 0.234 e. The van der Waals surface area contributed by atoms with E-state index in [2.05, 4.69) is 16.2 Å². The molecule has 3 aliphatic rings. The van der Waals surface area contributed by atoms with Gasteiger partial charge in [0.2, 0.25) is 11.8 Å². The zero-order valence-corrected chi connectivity index (χ0v) is 32.5. The van der Waals surface area contributed by atoms with Crippen LogP contribution in [0.3, 0.4) is 0 Å². The summed E-state index contributed by atoms with van der Waals surface area (Å²) in [5.74, 6) is -0.674. The highest BCUT2D eigenvalue weighted by Gasteiger charge is 2.52. The van der Waals surface area contributed by atoms with Gasteiger partial charge in [0.1, 0.15) is 72.9 Å². The molecule has 3 saturated heterocycles. The second-order valence-corrected chi connectivity index (χ2v) is 14.6. The predicted molar refractivity (Wildman–Crippen MR) is 193 cm³/mol. The minimum Gasteiger partial charge on any atom is -0.394 e. The highest BCUT2D eigenvalue weighted by atomic mass is 19.1. The number of carbonyl (C=O) groups excluding carboxylic acids is 3. The molecule has 3 aliphatic heterocycles. The summed E-state index contributed by atoms with van der Waals surface area (Å²) >= 11 is 0. The summed E-state index contributed by atoms with van der Waals surface area (Å²) in [4.78, 5) is 36.4. The van der Waals surface area contributed by atoms with Crippen molar-refractivity contribution in [2.45, 2.75) is 163 Å². The molecule has 16 atom stereocenters. The third-order valence-corrected chi connectivity index (χ3v) is 10.1. The van der Waals surface area contributed by atoms with Crippen LogP contribution in [0.5, 0.6) is 0 Å². The lowest BCUT2D eigenvalue weighted by Crippen LogP contribution is -2.64. The van der Waals surface area contributed by atoms with Crippen molar-refractivity contribution in [1.82, 2.24) is 16.2 Å². The van der Waals surface area contributed by atoms with Crippen molar-refractivity contribution in [3.63, 3.8) is 0 Å². The lowest BCUT2D eigenvalue weighted by atomic mass is 9.97. The molecule has 3 heterocycles. The number of alkyl halides is 1. The fraction of sp³-hybridized carbons (Fsp3) is 0.914. The number of nitrogens with two attached hydrogens (primary N) is 1. The molecule has 0 unspecified atom stereocenters. The first-order chi connectivity index (χ1) is 27.6. The van der Waals surface area contributed by atoms with Gasteiger partial charge in [0.25, 0.3) is 0 Å². The van der Waals surface area contributed by atoms with E-state index >= 15 is 4.39 Å². The number of carbonyl (C=O) groups is 3. The number of ether oxygens (including phenoxy) is 6. The fourth-order valence-electron chi connectivity index (χ4n) is 6.52. The zero-order chi connectivity index (χ0) is 42.9. The van der Waals surface area contributed by atoms with Gasteiger partial charge in [-0.3, -0.25) is 19.8 Å². The van der Waals surface area contributed by atoms with E-state index in [1.54, 1.807) is 0 Å². The maximum absolute atomic E-state index is 15.9. The number of Topliss-reactive ketones (excluding diaryl/α,β-unsaturated/α-hetero) is 1. The number of hydrogen-bond donors (Lipinski definition) is 13. The van der Waals surface area contributed by atoms with Gasteiger partial charge < -0.3 is 85.4 Å². The average molecular weight is 847 g/mol. The number of unbranched alkanes of at least 4 members (excludes halogenated alkanes) is 4. The monoisotopic (exact) mass is 846 g/mol. The number of aliphatic hydroxyl groups is 9. The first-order valence-corrected chi connectivity index (χ1v) is 19.6. The van der Waals surface area contributed by atoms with Gasteiger partial charge in [-0.2, -0.15) is 0 Å². The molecule has 23 heteroatoms. The van der Waals surface area contributed by atoms with Gasteiger partial charge in [-0.1, -0.05) is 19.3 Å². The van der Waals surface area contributed by atoms with Crippen molar-refractivity contribution >= 4 is 17.6 Å². The minimum atomic E-state index is -2.31. The van der Waals surface area contributed by atoms with E-state index in [9.17, 15) is 60.3 Å². The van der Waals surface area contributed by atoms with E-state index in [0.717, 1.165) is 12.8 Å². The van der Waals surface area contributed by atoms with Crippen LogP contribution in [0, 0.1) is 0 Å². The summed E-state index contributed by atoms with van der Waals surface area (Å²) in [5, 5.41) is 94.0. The zero-order valence-electron chi connectivity index (χ0n) is 32.5. The van der Waals surface area contributed by atoms with Crippen LogP contribution in [0.2, 0.25) is 0 Å². The Labute approximate surface area is 335 Å². The van der Waals surface area contributed by atoms with Crippen LogP contribution in [0.1, 0.15) is 64.7 Å². The molecule has 0 spiro atoms. The quantitative estimate of drug-likeness (QED) is 0.0301. The molecule has 0 aromatic carbocycles. The van der Waals surface area contributed by atoms with Crippen LogP contribution in [-0.2, 0) is 42.8 Å². The number of halogens is 1. The van der Waals surface area contributed by atoms with E-state index < -0.39 is 118 Å². The predicted octanol–water partition coefficient (Wildman–Crippen LogP) is -5.41. The first-order valence-electron chi connectivity index (χ1n) is 19.6. The van der Waals surface area contributed by atoms with Crippen LogP contribution in [0.15, 0.2) is 0 Å². The van der Waals surface area contributed by atoms with Crippen molar-refractivity contribution < 1.29 is 93.2 Å². The van der Waals surface area contributed by atoms with Crippen molar-refractivity contribution in [3.8, 4) is 0 Å². The largest absolute Gasteiger partial charge is 0.394 e. The molecule has 0 saturated carbocycles. The van der Waals surface area contributed by atoms with Crippen molar-refractivity contribution in [2.24, 2.45) is 5.73 Å². The summed E-state index contributed by atoms with van der Waals surface area (Å²) < 4.78 is 48.7. The molecule has 0 aromatic heterocycles. The fourth-order valence-corrected chi connectivity index (χ4v) is 6.52. The molecule has 3 fully saturated rings. The SMILES string of the molecule is CC(=O)[C@H](CCCCN)NNC(=O)CCCCCCC(=O)NCCO[C@@H]1O[C@H](CO[C@H]2O[C@H](CO)[C@@H](O)[C@H](O)[C@@H]2O)[C@@H](O)[C@H](O[C@H]2O[C@H](CO)[C@@H](O)[C@H](O)[C@@H]2O)[C@H]1F. The Morgan fingerprint density at radius 3 is 1.84 bits per heavy atom. The number of amides is 2. The third kappa shape index (κ3) is 14.8. The lowest BCUT2D eigenvalue weighted by molar-refractivity contribution is -0.359. The van der Waals surface area contributed by atoms with Gasteiger partial charge in [0.05, 0.1) is 32.5 Å². The summed E-state index contributed by atoms with van der Waals surface area (Å²) in [7, 11) is 0. The summed E-state index contributed by atoms with van der Waals surface area (Å²) in [6.07, 6.45) is -21.7. The van der Waals surface area contributed by atoms with Gasteiger partial charge >= 0.3 is 0 Å². The Kier molecular flexibility index (Phi) is 22.2. The topological polar surface area (TPSA) is 351 Å². The van der Waals surface area contributed by atoms with Crippen LogP contribution in [-0.4, -0.2) is 201 Å². The summed E-state index contributed by atoms with van der Waals surface area (Å²) in [6.45, 7) is -0.681. The molecule has 2 amide bonds. The van der Waals surface area contributed by atoms with Gasteiger partial charge in [-0.25, -0.2) is 9.82 Å². The number of hydrogen-bond acceptors (Lipinski definition) is 20. The van der Waals surface area contributed by atoms with Gasteiger partial charge in [-0.15, -0.1) is 0 Å². The maximum Gasteiger partial charge on any atom is 0.234 e. The molecule has 0 aromatic rings. The average Bonchev–Trinajstić information content (AvgIpc) is 3.20. The third-order valence-electron chi connectivity index (χ3n) is 10.1. The highest BCUT2D eigenvalue weighted by Crippen LogP contribution is 2.32. The van der Waals surface area contributed by atoms with Crippen molar-refractivity contribution in [3.05, 3.63) is 0 Å². The number of hydrazine groups is 1. The second-order valence-electron chi connectivity index (χ2n) is 14.6. The van der Waals surface area contributed by atoms with E-state index in [-0.39, 0.29) is 43.6 Å². The van der Waals surface area contributed by atoms with Gasteiger partial charge in [0.15, 0.2) is 25.0 Å². The first kappa shape index (κ1) is 50.2.